The molecule has 154 valence electrons. The monoisotopic (exact) mass is 416 g/mol. The van der Waals surface area contributed by atoms with Crippen LogP contribution >= 0.6 is 11.6 Å². The molecule has 1 aliphatic rings. The summed E-state index contributed by atoms with van der Waals surface area (Å²) in [6.07, 6.45) is 1.21. The number of halogens is 1. The van der Waals surface area contributed by atoms with Gasteiger partial charge in [0.1, 0.15) is 18.1 Å². The van der Waals surface area contributed by atoms with Gasteiger partial charge in [0.25, 0.3) is 0 Å². The zero-order chi connectivity index (χ0) is 20.6. The third-order valence-electron chi connectivity index (χ3n) is 4.54. The molecule has 3 rings (SSSR count). The first-order chi connectivity index (χ1) is 14.1. The summed E-state index contributed by atoms with van der Waals surface area (Å²) in [6, 6.07) is 12.8. The van der Waals surface area contributed by atoms with Crippen molar-refractivity contribution in [2.75, 3.05) is 24.7 Å². The molecule has 1 N–H and O–H groups in total. The number of hydrogen-bond donors (Lipinski definition) is 1. The Morgan fingerprint density at radius 1 is 1.17 bits per heavy atom. The van der Waals surface area contributed by atoms with Crippen molar-refractivity contribution in [2.24, 2.45) is 0 Å². The Morgan fingerprint density at radius 2 is 1.97 bits per heavy atom. The highest BCUT2D eigenvalue weighted by Crippen LogP contribution is 2.34. The standard InChI is InChI=1S/C22H25ClN2O4/c1-2-12-28-18-6-3-16(4-7-18)15-24-21(26)9-10-22(27)25-11-13-29-20-8-5-17(23)14-19(20)25/h3-8,14H,2,9-13,15H2,1H3,(H,24,26). The van der Waals surface area contributed by atoms with E-state index in [1.54, 1.807) is 23.1 Å². The molecule has 0 aromatic heterocycles. The maximum Gasteiger partial charge on any atom is 0.227 e. The van der Waals surface area contributed by atoms with Crippen molar-refractivity contribution < 1.29 is 19.1 Å². The Labute approximate surface area is 175 Å². The highest BCUT2D eigenvalue weighted by molar-refractivity contribution is 6.31. The fourth-order valence-electron chi connectivity index (χ4n) is 3.02. The van der Waals surface area contributed by atoms with Gasteiger partial charge >= 0.3 is 0 Å². The van der Waals surface area contributed by atoms with Crippen LogP contribution in [0.1, 0.15) is 31.7 Å². The van der Waals surface area contributed by atoms with Gasteiger partial charge < -0.3 is 19.7 Å². The van der Waals surface area contributed by atoms with E-state index in [-0.39, 0.29) is 24.7 Å². The van der Waals surface area contributed by atoms with Crippen LogP contribution in [0.5, 0.6) is 11.5 Å². The highest BCUT2D eigenvalue weighted by Gasteiger charge is 2.24. The Hall–Kier alpha value is -2.73. The fraction of sp³-hybridized carbons (Fsp3) is 0.364. The number of amides is 2. The number of anilines is 1. The molecule has 0 saturated heterocycles. The van der Waals surface area contributed by atoms with E-state index < -0.39 is 0 Å². The molecule has 6 nitrogen and oxygen atoms in total. The average molecular weight is 417 g/mol. The van der Waals surface area contributed by atoms with Gasteiger partial charge in [0, 0.05) is 24.4 Å². The van der Waals surface area contributed by atoms with E-state index >= 15 is 0 Å². The number of fused-ring (bicyclic) bond motifs is 1. The molecular formula is C22H25ClN2O4. The van der Waals surface area contributed by atoms with Gasteiger partial charge in [-0.05, 0) is 42.3 Å². The number of rotatable bonds is 8. The molecule has 2 aromatic carbocycles. The normalized spacial score (nSPS) is 12.7. The van der Waals surface area contributed by atoms with Crippen molar-refractivity contribution >= 4 is 29.1 Å². The van der Waals surface area contributed by atoms with E-state index in [1.165, 1.54) is 0 Å². The lowest BCUT2D eigenvalue weighted by Crippen LogP contribution is -2.38. The highest BCUT2D eigenvalue weighted by atomic mass is 35.5. The van der Waals surface area contributed by atoms with Crippen LogP contribution in [-0.4, -0.2) is 31.6 Å². The van der Waals surface area contributed by atoms with Gasteiger partial charge in [-0.25, -0.2) is 0 Å². The fourth-order valence-corrected chi connectivity index (χ4v) is 3.18. The number of benzene rings is 2. The largest absolute Gasteiger partial charge is 0.494 e. The number of ether oxygens (including phenoxy) is 2. The Morgan fingerprint density at radius 3 is 2.72 bits per heavy atom. The summed E-state index contributed by atoms with van der Waals surface area (Å²) in [5.41, 5.74) is 1.63. The van der Waals surface area contributed by atoms with Gasteiger partial charge in [-0.1, -0.05) is 30.7 Å². The van der Waals surface area contributed by atoms with Gasteiger partial charge in [-0.2, -0.15) is 0 Å². The summed E-state index contributed by atoms with van der Waals surface area (Å²) >= 11 is 6.04. The topological polar surface area (TPSA) is 67.9 Å². The molecule has 0 radical (unpaired) electrons. The average Bonchev–Trinajstić information content (AvgIpc) is 2.74. The zero-order valence-corrected chi connectivity index (χ0v) is 17.2. The molecule has 0 atom stereocenters. The van der Waals surface area contributed by atoms with Gasteiger partial charge in [0.05, 0.1) is 18.8 Å². The minimum absolute atomic E-state index is 0.121. The minimum atomic E-state index is -0.163. The van der Waals surface area contributed by atoms with Crippen LogP contribution in [0.15, 0.2) is 42.5 Å². The molecule has 0 spiro atoms. The van der Waals surface area contributed by atoms with Crippen molar-refractivity contribution in [1.82, 2.24) is 5.32 Å². The number of nitrogens with one attached hydrogen (secondary N) is 1. The molecule has 1 heterocycles. The quantitative estimate of drug-likeness (QED) is 0.707. The summed E-state index contributed by atoms with van der Waals surface area (Å²) in [5.74, 6) is 1.16. The molecule has 2 aromatic rings. The van der Waals surface area contributed by atoms with Gasteiger partial charge in [0.2, 0.25) is 11.8 Å². The van der Waals surface area contributed by atoms with Crippen LogP contribution in [0, 0.1) is 0 Å². The number of nitrogens with zero attached hydrogens (tertiary/aromatic N) is 1. The second-order valence-corrected chi connectivity index (χ2v) is 7.21. The smallest absolute Gasteiger partial charge is 0.227 e. The first kappa shape index (κ1) is 21.0. The van der Waals surface area contributed by atoms with E-state index in [0.717, 1.165) is 17.7 Å². The molecule has 2 amide bonds. The second kappa shape index (κ2) is 10.2. The van der Waals surface area contributed by atoms with Gasteiger partial charge in [0.15, 0.2) is 0 Å². The van der Waals surface area contributed by atoms with Crippen LogP contribution < -0.4 is 19.7 Å². The Bertz CT molecular complexity index is 854. The number of hydrogen-bond acceptors (Lipinski definition) is 4. The molecular weight excluding hydrogens is 392 g/mol. The Kier molecular flexibility index (Phi) is 7.36. The number of carbonyl (C=O) groups is 2. The van der Waals surface area contributed by atoms with E-state index in [2.05, 4.69) is 12.2 Å². The van der Waals surface area contributed by atoms with E-state index in [9.17, 15) is 9.59 Å². The van der Waals surface area contributed by atoms with Gasteiger partial charge in [-0.15, -0.1) is 0 Å². The lowest BCUT2D eigenvalue weighted by molar-refractivity contribution is -0.125. The molecule has 0 fully saturated rings. The second-order valence-electron chi connectivity index (χ2n) is 6.78. The summed E-state index contributed by atoms with van der Waals surface area (Å²) in [7, 11) is 0. The summed E-state index contributed by atoms with van der Waals surface area (Å²) < 4.78 is 11.1. The van der Waals surface area contributed by atoms with Crippen molar-refractivity contribution in [1.29, 1.82) is 0 Å². The number of carbonyl (C=O) groups excluding carboxylic acids is 2. The third kappa shape index (κ3) is 5.87. The molecule has 1 aliphatic heterocycles. The van der Waals surface area contributed by atoms with Crippen LogP contribution in [0.3, 0.4) is 0 Å². The summed E-state index contributed by atoms with van der Waals surface area (Å²) in [5, 5.41) is 3.39. The molecule has 0 aliphatic carbocycles. The van der Waals surface area contributed by atoms with E-state index in [1.807, 2.05) is 24.3 Å². The van der Waals surface area contributed by atoms with Crippen LogP contribution in [0.25, 0.3) is 0 Å². The first-order valence-electron chi connectivity index (χ1n) is 9.78. The lowest BCUT2D eigenvalue weighted by Gasteiger charge is -2.29. The molecule has 0 saturated carbocycles. The maximum atomic E-state index is 12.6. The maximum absolute atomic E-state index is 12.6. The molecule has 29 heavy (non-hydrogen) atoms. The lowest BCUT2D eigenvalue weighted by atomic mass is 10.2. The molecule has 0 unspecified atom stereocenters. The summed E-state index contributed by atoms with van der Waals surface area (Å²) in [4.78, 5) is 26.4. The van der Waals surface area contributed by atoms with Crippen molar-refractivity contribution in [3.63, 3.8) is 0 Å². The van der Waals surface area contributed by atoms with E-state index in [0.29, 0.717) is 42.8 Å². The van der Waals surface area contributed by atoms with Crippen molar-refractivity contribution in [2.45, 2.75) is 32.7 Å². The minimum Gasteiger partial charge on any atom is -0.494 e. The SMILES string of the molecule is CCCOc1ccc(CNC(=O)CCC(=O)N2CCOc3ccc(Cl)cc32)cc1. The Balaban J connectivity index is 1.46. The first-order valence-corrected chi connectivity index (χ1v) is 10.2. The molecule has 7 heteroatoms. The zero-order valence-electron chi connectivity index (χ0n) is 16.4. The van der Waals surface area contributed by atoms with Crippen molar-refractivity contribution in [3.8, 4) is 11.5 Å². The van der Waals surface area contributed by atoms with Crippen LogP contribution in [-0.2, 0) is 16.1 Å². The predicted molar refractivity (Wildman–Crippen MR) is 113 cm³/mol. The third-order valence-corrected chi connectivity index (χ3v) is 4.77. The van der Waals surface area contributed by atoms with Crippen molar-refractivity contribution in [3.05, 3.63) is 53.1 Å². The molecule has 0 bridgehead atoms. The van der Waals surface area contributed by atoms with Crippen LogP contribution in [0.2, 0.25) is 5.02 Å². The predicted octanol–water partition coefficient (Wildman–Crippen LogP) is 3.95. The van der Waals surface area contributed by atoms with Crippen LogP contribution in [0.4, 0.5) is 5.69 Å². The summed E-state index contributed by atoms with van der Waals surface area (Å²) in [6.45, 7) is 4.02. The van der Waals surface area contributed by atoms with Gasteiger partial charge in [-0.3, -0.25) is 9.59 Å². The van der Waals surface area contributed by atoms with E-state index in [4.69, 9.17) is 21.1 Å².